The largest absolute Gasteiger partial charge is 0.382 e. The van der Waals surface area contributed by atoms with Crippen molar-refractivity contribution in [1.29, 1.82) is 0 Å². The van der Waals surface area contributed by atoms with Crippen LogP contribution in [0.4, 0.5) is 5.69 Å². The van der Waals surface area contributed by atoms with Crippen molar-refractivity contribution >= 4 is 29.3 Å². The summed E-state index contributed by atoms with van der Waals surface area (Å²) in [6.45, 7) is 2.63. The van der Waals surface area contributed by atoms with Gasteiger partial charge in [-0.3, -0.25) is 29.4 Å². The number of hydrogen-bond donors (Lipinski definition) is 3. The van der Waals surface area contributed by atoms with Crippen molar-refractivity contribution < 1.29 is 23.9 Å². The maximum absolute atomic E-state index is 13.0. The molecule has 0 radical (unpaired) electrons. The number of ether oxygens (including phenoxy) is 1. The van der Waals surface area contributed by atoms with Gasteiger partial charge >= 0.3 is 0 Å². The minimum atomic E-state index is -0.964. The number of piperidine rings is 1. The van der Waals surface area contributed by atoms with Crippen LogP contribution in [0.15, 0.2) is 18.2 Å². The summed E-state index contributed by atoms with van der Waals surface area (Å²) in [6.07, 6.45) is 0.203. The van der Waals surface area contributed by atoms with Gasteiger partial charge in [-0.05, 0) is 18.6 Å². The first-order valence-electron chi connectivity index (χ1n) is 8.97. The number of fused-ring (bicyclic) bond motifs is 1. The quantitative estimate of drug-likeness (QED) is 0.610. The van der Waals surface area contributed by atoms with Crippen molar-refractivity contribution in [2.24, 2.45) is 0 Å². The van der Waals surface area contributed by atoms with Gasteiger partial charge in [0.1, 0.15) is 6.04 Å². The summed E-state index contributed by atoms with van der Waals surface area (Å²) in [7, 11) is 0. The van der Waals surface area contributed by atoms with Gasteiger partial charge in [0.25, 0.3) is 11.8 Å². The van der Waals surface area contributed by atoms with Crippen LogP contribution in [0.25, 0.3) is 0 Å². The maximum Gasteiger partial charge on any atom is 0.264 e. The molecule has 3 aliphatic rings. The Morgan fingerprint density at radius 1 is 1.19 bits per heavy atom. The molecule has 142 valence electrons. The minimum Gasteiger partial charge on any atom is -0.382 e. The molecule has 9 heteroatoms. The molecule has 27 heavy (non-hydrogen) atoms. The SMILES string of the molecule is O=C1CCC(N2C(=O)c3cccc(NCC4CNCCO4)c3C2=O)C(=O)N1. The molecule has 0 aromatic heterocycles. The first-order valence-corrected chi connectivity index (χ1v) is 8.97. The minimum absolute atomic E-state index is 0.0342. The highest BCUT2D eigenvalue weighted by atomic mass is 16.5. The third-order valence-electron chi connectivity index (χ3n) is 4.99. The van der Waals surface area contributed by atoms with Crippen LogP contribution >= 0.6 is 0 Å². The molecule has 2 fully saturated rings. The summed E-state index contributed by atoms with van der Waals surface area (Å²) in [5.74, 6) is -2.03. The Labute approximate surface area is 155 Å². The van der Waals surface area contributed by atoms with Gasteiger partial charge in [-0.2, -0.15) is 0 Å². The summed E-state index contributed by atoms with van der Waals surface area (Å²) < 4.78 is 5.64. The van der Waals surface area contributed by atoms with Gasteiger partial charge < -0.3 is 15.4 Å². The summed E-state index contributed by atoms with van der Waals surface area (Å²) in [5, 5.41) is 8.61. The third-order valence-corrected chi connectivity index (χ3v) is 4.99. The van der Waals surface area contributed by atoms with Crippen LogP contribution in [-0.4, -0.2) is 66.9 Å². The Balaban J connectivity index is 1.55. The normalized spacial score (nSPS) is 25.4. The fourth-order valence-electron chi connectivity index (χ4n) is 3.64. The lowest BCUT2D eigenvalue weighted by Gasteiger charge is -2.28. The molecule has 2 atom stereocenters. The maximum atomic E-state index is 13.0. The van der Waals surface area contributed by atoms with E-state index in [0.29, 0.717) is 25.4 Å². The summed E-state index contributed by atoms with van der Waals surface area (Å²) in [6, 6.07) is 4.04. The first-order chi connectivity index (χ1) is 13.1. The average molecular weight is 372 g/mol. The molecule has 1 aromatic carbocycles. The molecular formula is C18H20N4O5. The predicted molar refractivity (Wildman–Crippen MR) is 94.2 cm³/mol. The lowest BCUT2D eigenvalue weighted by molar-refractivity contribution is -0.136. The number of carbonyl (C=O) groups is 4. The van der Waals surface area contributed by atoms with Crippen LogP contribution in [-0.2, 0) is 14.3 Å². The number of morpholine rings is 1. The molecular weight excluding hydrogens is 352 g/mol. The van der Waals surface area contributed by atoms with Gasteiger partial charge in [0.2, 0.25) is 11.8 Å². The molecule has 2 saturated heterocycles. The number of carbonyl (C=O) groups excluding carboxylic acids is 4. The van der Waals surface area contributed by atoms with Gasteiger partial charge in [-0.1, -0.05) is 6.07 Å². The van der Waals surface area contributed by atoms with E-state index in [-0.39, 0.29) is 30.1 Å². The monoisotopic (exact) mass is 372 g/mol. The fraction of sp³-hybridized carbons (Fsp3) is 0.444. The van der Waals surface area contributed by atoms with E-state index in [1.807, 2.05) is 0 Å². The zero-order valence-electron chi connectivity index (χ0n) is 14.6. The van der Waals surface area contributed by atoms with Crippen LogP contribution in [0.2, 0.25) is 0 Å². The molecule has 0 saturated carbocycles. The Bertz CT molecular complexity index is 818. The van der Waals surface area contributed by atoms with E-state index < -0.39 is 29.7 Å². The average Bonchev–Trinajstić information content (AvgIpc) is 2.93. The summed E-state index contributed by atoms with van der Waals surface area (Å²) in [4.78, 5) is 50.2. The predicted octanol–water partition coefficient (Wildman–Crippen LogP) is -0.512. The molecule has 0 bridgehead atoms. The smallest absolute Gasteiger partial charge is 0.264 e. The van der Waals surface area contributed by atoms with Crippen molar-refractivity contribution in [1.82, 2.24) is 15.5 Å². The molecule has 1 aromatic rings. The number of rotatable bonds is 4. The van der Waals surface area contributed by atoms with E-state index in [4.69, 9.17) is 4.74 Å². The van der Waals surface area contributed by atoms with Crippen molar-refractivity contribution in [3.63, 3.8) is 0 Å². The molecule has 3 N–H and O–H groups in total. The molecule has 4 rings (SSSR count). The Morgan fingerprint density at radius 3 is 2.78 bits per heavy atom. The lowest BCUT2D eigenvalue weighted by Crippen LogP contribution is -2.54. The number of benzene rings is 1. The second-order valence-electron chi connectivity index (χ2n) is 6.75. The van der Waals surface area contributed by atoms with Gasteiger partial charge in [0, 0.05) is 31.7 Å². The Hall–Kier alpha value is -2.78. The molecule has 4 amide bonds. The van der Waals surface area contributed by atoms with Crippen molar-refractivity contribution in [2.75, 3.05) is 31.6 Å². The van der Waals surface area contributed by atoms with Crippen LogP contribution in [0, 0.1) is 0 Å². The molecule has 2 unspecified atom stereocenters. The second-order valence-corrected chi connectivity index (χ2v) is 6.75. The summed E-state index contributed by atoms with van der Waals surface area (Å²) in [5.41, 5.74) is 1.06. The number of hydrogen-bond acceptors (Lipinski definition) is 7. The van der Waals surface area contributed by atoms with E-state index in [1.54, 1.807) is 18.2 Å². The number of nitrogens with zero attached hydrogens (tertiary/aromatic N) is 1. The highest BCUT2D eigenvalue weighted by molar-refractivity contribution is 6.25. The number of nitrogens with one attached hydrogen (secondary N) is 3. The standard InChI is InChI=1S/C18H20N4O5/c23-14-5-4-13(16(24)21-14)22-17(25)11-2-1-3-12(15(11)18(22)26)20-9-10-8-19-6-7-27-10/h1-3,10,13,19-20H,4-9H2,(H,21,23,24). The topological polar surface area (TPSA) is 117 Å². The van der Waals surface area contributed by atoms with Crippen LogP contribution in [0.5, 0.6) is 0 Å². The van der Waals surface area contributed by atoms with Gasteiger partial charge in [0.05, 0.1) is 23.8 Å². The fourth-order valence-corrected chi connectivity index (χ4v) is 3.64. The number of imide groups is 2. The van der Waals surface area contributed by atoms with E-state index in [0.717, 1.165) is 11.4 Å². The molecule has 0 spiro atoms. The van der Waals surface area contributed by atoms with Gasteiger partial charge in [0.15, 0.2) is 0 Å². The molecule has 9 nitrogen and oxygen atoms in total. The van der Waals surface area contributed by atoms with Crippen LogP contribution < -0.4 is 16.0 Å². The first kappa shape index (κ1) is 17.6. The molecule has 3 heterocycles. The van der Waals surface area contributed by atoms with E-state index in [1.165, 1.54) is 0 Å². The van der Waals surface area contributed by atoms with Gasteiger partial charge in [-0.25, -0.2) is 0 Å². The van der Waals surface area contributed by atoms with Gasteiger partial charge in [-0.15, -0.1) is 0 Å². The van der Waals surface area contributed by atoms with E-state index in [9.17, 15) is 19.2 Å². The Kier molecular flexibility index (Phi) is 4.63. The molecule has 0 aliphatic carbocycles. The number of anilines is 1. The van der Waals surface area contributed by atoms with E-state index >= 15 is 0 Å². The summed E-state index contributed by atoms with van der Waals surface area (Å²) >= 11 is 0. The van der Waals surface area contributed by atoms with Crippen molar-refractivity contribution in [3.05, 3.63) is 29.3 Å². The van der Waals surface area contributed by atoms with E-state index in [2.05, 4.69) is 16.0 Å². The van der Waals surface area contributed by atoms with Crippen molar-refractivity contribution in [3.8, 4) is 0 Å². The highest BCUT2D eigenvalue weighted by Crippen LogP contribution is 2.32. The lowest BCUT2D eigenvalue weighted by atomic mass is 10.0. The van der Waals surface area contributed by atoms with Crippen molar-refractivity contribution in [2.45, 2.75) is 25.0 Å². The molecule has 3 aliphatic heterocycles. The zero-order chi connectivity index (χ0) is 19.0. The highest BCUT2D eigenvalue weighted by Gasteiger charge is 2.45. The third kappa shape index (κ3) is 3.19. The van der Waals surface area contributed by atoms with Crippen LogP contribution in [0.3, 0.4) is 0 Å². The van der Waals surface area contributed by atoms with Crippen LogP contribution in [0.1, 0.15) is 33.6 Å². The number of amides is 4. The second kappa shape index (κ2) is 7.09. The zero-order valence-corrected chi connectivity index (χ0v) is 14.6. The Morgan fingerprint density at radius 2 is 2.04 bits per heavy atom.